The van der Waals surface area contributed by atoms with Crippen LogP contribution in [0.15, 0.2) is 30.3 Å². The van der Waals surface area contributed by atoms with Gasteiger partial charge in [0.15, 0.2) is 0 Å². The third kappa shape index (κ3) is 6.65. The van der Waals surface area contributed by atoms with Crippen molar-refractivity contribution < 1.29 is 14.3 Å². The minimum Gasteiger partial charge on any atom is -0.494 e. The average molecular weight is 262 g/mol. The van der Waals surface area contributed by atoms with E-state index in [2.05, 4.69) is 6.92 Å². The van der Waals surface area contributed by atoms with Gasteiger partial charge in [-0.1, -0.05) is 25.5 Å². The molecule has 0 aliphatic heterocycles. The van der Waals surface area contributed by atoms with Gasteiger partial charge in [0.1, 0.15) is 5.75 Å². The number of hydrogen-bond donors (Lipinski definition) is 0. The van der Waals surface area contributed by atoms with E-state index in [0.717, 1.165) is 30.8 Å². The lowest BCUT2D eigenvalue weighted by Crippen LogP contribution is -2.08. The first-order valence-corrected chi connectivity index (χ1v) is 6.73. The minimum atomic E-state index is -0.327. The number of rotatable bonds is 7. The first kappa shape index (κ1) is 15.3. The van der Waals surface area contributed by atoms with E-state index in [4.69, 9.17) is 9.47 Å². The summed E-state index contributed by atoms with van der Waals surface area (Å²) in [6.45, 7) is 6.50. The van der Waals surface area contributed by atoms with Crippen molar-refractivity contribution in [3.05, 3.63) is 35.9 Å². The molecular formula is C16H22O3. The highest BCUT2D eigenvalue weighted by Crippen LogP contribution is 2.15. The molecule has 104 valence electrons. The van der Waals surface area contributed by atoms with Gasteiger partial charge in [0.05, 0.1) is 12.7 Å². The van der Waals surface area contributed by atoms with E-state index < -0.39 is 0 Å². The molecule has 0 saturated carbocycles. The Hall–Kier alpha value is -1.77. The van der Waals surface area contributed by atoms with E-state index in [1.807, 2.05) is 38.1 Å². The zero-order chi connectivity index (χ0) is 14.1. The minimum absolute atomic E-state index is 0.0964. The van der Waals surface area contributed by atoms with E-state index in [1.165, 1.54) is 6.08 Å². The maximum Gasteiger partial charge on any atom is 0.331 e. The second-order valence-electron chi connectivity index (χ2n) is 4.59. The van der Waals surface area contributed by atoms with Crippen LogP contribution in [0.1, 0.15) is 39.2 Å². The molecule has 1 rings (SSSR count). The summed E-state index contributed by atoms with van der Waals surface area (Å²) in [6.07, 6.45) is 5.23. The van der Waals surface area contributed by atoms with Crippen LogP contribution >= 0.6 is 0 Å². The molecule has 0 fully saturated rings. The van der Waals surface area contributed by atoms with Gasteiger partial charge in [0.2, 0.25) is 0 Å². The van der Waals surface area contributed by atoms with Crippen LogP contribution in [0.2, 0.25) is 0 Å². The maximum absolute atomic E-state index is 11.4. The summed E-state index contributed by atoms with van der Waals surface area (Å²) in [5.41, 5.74) is 0.926. The standard InChI is InChI=1S/C16H22O3/c1-4-5-11-18-15-8-6-7-14(12-15)9-10-16(17)19-13(2)3/h6-10,12-13H,4-5,11H2,1-3H3/b10-9+. The van der Waals surface area contributed by atoms with Crippen LogP contribution in [0, 0.1) is 0 Å². The number of unbranched alkanes of at least 4 members (excludes halogenated alkanes) is 1. The van der Waals surface area contributed by atoms with E-state index in [-0.39, 0.29) is 12.1 Å². The molecule has 1 aromatic carbocycles. The average Bonchev–Trinajstić information content (AvgIpc) is 2.36. The zero-order valence-electron chi connectivity index (χ0n) is 11.9. The fourth-order valence-electron chi connectivity index (χ4n) is 1.48. The molecule has 0 N–H and O–H groups in total. The topological polar surface area (TPSA) is 35.5 Å². The van der Waals surface area contributed by atoms with Crippen molar-refractivity contribution in [3.63, 3.8) is 0 Å². The van der Waals surface area contributed by atoms with Crippen LogP contribution in [0.4, 0.5) is 0 Å². The Balaban J connectivity index is 2.56. The molecule has 19 heavy (non-hydrogen) atoms. The number of carbonyl (C=O) groups is 1. The van der Waals surface area contributed by atoms with Crippen molar-refractivity contribution in [1.29, 1.82) is 0 Å². The highest BCUT2D eigenvalue weighted by Gasteiger charge is 2.00. The molecular weight excluding hydrogens is 240 g/mol. The number of benzene rings is 1. The molecule has 0 aromatic heterocycles. The highest BCUT2D eigenvalue weighted by atomic mass is 16.5. The molecule has 0 aliphatic carbocycles. The largest absolute Gasteiger partial charge is 0.494 e. The van der Waals surface area contributed by atoms with Crippen LogP contribution in [0.25, 0.3) is 6.08 Å². The summed E-state index contributed by atoms with van der Waals surface area (Å²) >= 11 is 0. The predicted molar refractivity (Wildman–Crippen MR) is 77.1 cm³/mol. The van der Waals surface area contributed by atoms with Crippen molar-refractivity contribution in [2.75, 3.05) is 6.61 Å². The van der Waals surface area contributed by atoms with Crippen LogP contribution in [0.3, 0.4) is 0 Å². The van der Waals surface area contributed by atoms with Crippen LogP contribution in [-0.2, 0) is 9.53 Å². The number of hydrogen-bond acceptors (Lipinski definition) is 3. The van der Waals surface area contributed by atoms with Crippen LogP contribution < -0.4 is 4.74 Å². The van der Waals surface area contributed by atoms with E-state index in [0.29, 0.717) is 0 Å². The summed E-state index contributed by atoms with van der Waals surface area (Å²) in [6, 6.07) is 7.66. The molecule has 0 heterocycles. The summed E-state index contributed by atoms with van der Waals surface area (Å²) < 4.78 is 10.6. The molecule has 0 radical (unpaired) electrons. The number of esters is 1. The van der Waals surface area contributed by atoms with Gasteiger partial charge in [-0.2, -0.15) is 0 Å². The lowest BCUT2D eigenvalue weighted by Gasteiger charge is -2.06. The Kier molecular flexibility index (Phi) is 6.72. The molecule has 0 amide bonds. The molecule has 0 bridgehead atoms. The molecule has 1 aromatic rings. The third-order valence-corrected chi connectivity index (χ3v) is 2.39. The quantitative estimate of drug-likeness (QED) is 0.425. The first-order valence-electron chi connectivity index (χ1n) is 6.73. The van der Waals surface area contributed by atoms with Gasteiger partial charge in [0.25, 0.3) is 0 Å². The number of carbonyl (C=O) groups excluding carboxylic acids is 1. The second-order valence-corrected chi connectivity index (χ2v) is 4.59. The van der Waals surface area contributed by atoms with Gasteiger partial charge in [-0.15, -0.1) is 0 Å². The molecule has 3 heteroatoms. The van der Waals surface area contributed by atoms with Gasteiger partial charge in [0, 0.05) is 6.08 Å². The van der Waals surface area contributed by atoms with Gasteiger partial charge < -0.3 is 9.47 Å². The Morgan fingerprint density at radius 3 is 2.84 bits per heavy atom. The normalized spacial score (nSPS) is 10.9. The summed E-state index contributed by atoms with van der Waals surface area (Å²) in [7, 11) is 0. The van der Waals surface area contributed by atoms with Crippen molar-refractivity contribution in [1.82, 2.24) is 0 Å². The van der Waals surface area contributed by atoms with Crippen LogP contribution in [0.5, 0.6) is 5.75 Å². The second kappa shape index (κ2) is 8.35. The van der Waals surface area contributed by atoms with Crippen molar-refractivity contribution in [2.24, 2.45) is 0 Å². The summed E-state index contributed by atoms with van der Waals surface area (Å²) in [5, 5.41) is 0. The van der Waals surface area contributed by atoms with Crippen molar-refractivity contribution in [2.45, 2.75) is 39.7 Å². The monoisotopic (exact) mass is 262 g/mol. The number of ether oxygens (including phenoxy) is 2. The Morgan fingerprint density at radius 1 is 1.37 bits per heavy atom. The lowest BCUT2D eigenvalue weighted by atomic mass is 10.2. The smallest absolute Gasteiger partial charge is 0.331 e. The Bertz CT molecular complexity index is 422. The molecule has 0 unspecified atom stereocenters. The first-order chi connectivity index (χ1) is 9.11. The molecule has 0 aliphatic rings. The van der Waals surface area contributed by atoms with Crippen LogP contribution in [-0.4, -0.2) is 18.7 Å². The highest BCUT2D eigenvalue weighted by molar-refractivity contribution is 5.87. The van der Waals surface area contributed by atoms with Crippen molar-refractivity contribution in [3.8, 4) is 5.75 Å². The van der Waals surface area contributed by atoms with Gasteiger partial charge in [-0.05, 0) is 44.0 Å². The maximum atomic E-state index is 11.4. The summed E-state index contributed by atoms with van der Waals surface area (Å²) in [5.74, 6) is 0.500. The fraction of sp³-hybridized carbons (Fsp3) is 0.438. The van der Waals surface area contributed by atoms with Gasteiger partial charge in [-0.25, -0.2) is 4.79 Å². The predicted octanol–water partition coefficient (Wildman–Crippen LogP) is 3.83. The SMILES string of the molecule is CCCCOc1cccc(/C=C/C(=O)OC(C)C)c1. The fourth-order valence-corrected chi connectivity index (χ4v) is 1.48. The third-order valence-electron chi connectivity index (χ3n) is 2.39. The molecule has 0 spiro atoms. The van der Waals surface area contributed by atoms with E-state index in [1.54, 1.807) is 6.08 Å². The molecule has 3 nitrogen and oxygen atoms in total. The van der Waals surface area contributed by atoms with Gasteiger partial charge >= 0.3 is 5.97 Å². The molecule has 0 saturated heterocycles. The zero-order valence-corrected chi connectivity index (χ0v) is 11.9. The lowest BCUT2D eigenvalue weighted by molar-refractivity contribution is -0.141. The van der Waals surface area contributed by atoms with Crippen molar-refractivity contribution >= 4 is 12.0 Å². The van der Waals surface area contributed by atoms with E-state index >= 15 is 0 Å². The van der Waals surface area contributed by atoms with Gasteiger partial charge in [-0.3, -0.25) is 0 Å². The van der Waals surface area contributed by atoms with E-state index in [9.17, 15) is 4.79 Å². The molecule has 0 atom stereocenters. The Morgan fingerprint density at radius 2 is 2.16 bits per heavy atom. The Labute approximate surface area is 115 Å². The summed E-state index contributed by atoms with van der Waals surface area (Å²) in [4.78, 5) is 11.4.